The second kappa shape index (κ2) is 10.3. The smallest absolute Gasteiger partial charge is 0.319 e. The molecule has 11 heteroatoms. The molecule has 0 bridgehead atoms. The van der Waals surface area contributed by atoms with Crippen molar-refractivity contribution in [3.05, 3.63) is 89.1 Å². The van der Waals surface area contributed by atoms with Crippen LogP contribution in [0.4, 0.5) is 16.3 Å². The molecule has 0 spiro atoms. The SMILES string of the molecule is C=CC(=O)Nc1ccc2c(c1)C(=O)N(c1nn(C)c3c1CN(C(=O)N[C@H](CN(C)C)c1ccccc1)C3(C)C)C2=O. The van der Waals surface area contributed by atoms with E-state index in [4.69, 9.17) is 0 Å². The van der Waals surface area contributed by atoms with Crippen LogP contribution in [0.2, 0.25) is 0 Å². The highest BCUT2D eigenvalue weighted by molar-refractivity contribution is 6.34. The molecule has 2 N–H and O–H groups in total. The van der Waals surface area contributed by atoms with Gasteiger partial charge >= 0.3 is 6.03 Å². The zero-order chi connectivity index (χ0) is 29.6. The highest BCUT2D eigenvalue weighted by Gasteiger charge is 2.49. The van der Waals surface area contributed by atoms with Gasteiger partial charge in [-0.3, -0.25) is 19.1 Å². The van der Waals surface area contributed by atoms with E-state index < -0.39 is 23.3 Å². The zero-order valence-corrected chi connectivity index (χ0v) is 23.8. The summed E-state index contributed by atoms with van der Waals surface area (Å²) in [4.78, 5) is 57.3. The van der Waals surface area contributed by atoms with Crippen molar-refractivity contribution in [3.63, 3.8) is 0 Å². The lowest BCUT2D eigenvalue weighted by atomic mass is 10.0. The average Bonchev–Trinajstić information content (AvgIpc) is 3.50. The largest absolute Gasteiger partial charge is 0.330 e. The van der Waals surface area contributed by atoms with Crippen molar-refractivity contribution in [2.75, 3.05) is 30.9 Å². The summed E-state index contributed by atoms with van der Waals surface area (Å²) in [6, 6.07) is 13.8. The molecule has 212 valence electrons. The summed E-state index contributed by atoms with van der Waals surface area (Å²) in [5.74, 6) is -1.29. The van der Waals surface area contributed by atoms with Crippen molar-refractivity contribution in [1.29, 1.82) is 0 Å². The Bertz CT molecular complexity index is 1570. The van der Waals surface area contributed by atoms with Crippen LogP contribution in [0.1, 0.15) is 57.4 Å². The van der Waals surface area contributed by atoms with Crippen LogP contribution in [-0.4, -0.2) is 64.0 Å². The van der Waals surface area contributed by atoms with Gasteiger partial charge in [0.25, 0.3) is 11.8 Å². The van der Waals surface area contributed by atoms with Crippen LogP contribution in [0.5, 0.6) is 0 Å². The Balaban J connectivity index is 1.44. The molecule has 2 aromatic carbocycles. The molecule has 1 atom stereocenters. The first-order valence-corrected chi connectivity index (χ1v) is 13.2. The van der Waals surface area contributed by atoms with Crippen LogP contribution in [0.25, 0.3) is 0 Å². The predicted octanol–water partition coefficient (Wildman–Crippen LogP) is 3.41. The van der Waals surface area contributed by atoms with Crippen molar-refractivity contribution in [1.82, 2.24) is 24.9 Å². The first-order chi connectivity index (χ1) is 19.4. The quantitative estimate of drug-likeness (QED) is 0.341. The number of likely N-dealkylation sites (N-methyl/N-ethyl adjacent to an activating group) is 1. The highest BCUT2D eigenvalue weighted by Crippen LogP contribution is 2.44. The number of hydrogen-bond donors (Lipinski definition) is 2. The zero-order valence-electron chi connectivity index (χ0n) is 23.8. The van der Waals surface area contributed by atoms with Gasteiger partial charge in [0, 0.05) is 24.8 Å². The number of carbonyl (C=O) groups excluding carboxylic acids is 4. The van der Waals surface area contributed by atoms with Crippen LogP contribution >= 0.6 is 0 Å². The van der Waals surface area contributed by atoms with E-state index >= 15 is 0 Å². The second-order valence-corrected chi connectivity index (χ2v) is 11.0. The maximum absolute atomic E-state index is 13.8. The van der Waals surface area contributed by atoms with Gasteiger partial charge in [-0.15, -0.1) is 0 Å². The van der Waals surface area contributed by atoms with E-state index in [1.54, 1.807) is 22.7 Å². The fourth-order valence-corrected chi connectivity index (χ4v) is 5.67. The van der Waals surface area contributed by atoms with Crippen molar-refractivity contribution >= 4 is 35.3 Å². The van der Waals surface area contributed by atoms with Gasteiger partial charge < -0.3 is 20.4 Å². The summed E-state index contributed by atoms with van der Waals surface area (Å²) < 4.78 is 1.63. The molecule has 3 aromatic rings. The number of anilines is 2. The third kappa shape index (κ3) is 4.78. The Labute approximate surface area is 238 Å². The van der Waals surface area contributed by atoms with E-state index in [9.17, 15) is 19.2 Å². The third-order valence-electron chi connectivity index (χ3n) is 7.54. The number of aryl methyl sites for hydroxylation is 1. The minimum atomic E-state index is -0.778. The Hall–Kier alpha value is -4.77. The van der Waals surface area contributed by atoms with Crippen LogP contribution in [0.3, 0.4) is 0 Å². The number of hydrogen-bond acceptors (Lipinski definition) is 6. The third-order valence-corrected chi connectivity index (χ3v) is 7.54. The molecule has 2 aliphatic heterocycles. The summed E-state index contributed by atoms with van der Waals surface area (Å²) in [6.45, 7) is 8.04. The van der Waals surface area contributed by atoms with Gasteiger partial charge in [-0.1, -0.05) is 36.9 Å². The van der Waals surface area contributed by atoms with Crippen molar-refractivity contribution in [3.8, 4) is 0 Å². The first kappa shape index (κ1) is 27.8. The number of aromatic nitrogens is 2. The molecule has 2 aliphatic rings. The fourth-order valence-electron chi connectivity index (χ4n) is 5.67. The average molecular weight is 556 g/mol. The Morgan fingerprint density at radius 2 is 1.78 bits per heavy atom. The number of benzene rings is 2. The number of imide groups is 1. The standard InChI is InChI=1S/C30H33N7O4/c1-7-24(38)31-19-13-14-20-21(15-19)28(40)37(27(20)39)26-22-16-36(30(2,3)25(22)35(6)33-26)29(41)32-23(17-34(4)5)18-11-9-8-10-12-18/h7-15,23H,1,16-17H2,2-6H3,(H,31,38)(H,32,41)/t23-/m1/s1. The lowest BCUT2D eigenvalue weighted by Gasteiger charge is -2.34. The Kier molecular flexibility index (Phi) is 7.00. The molecule has 0 radical (unpaired) electrons. The normalized spacial score (nSPS) is 16.0. The van der Waals surface area contributed by atoms with E-state index in [2.05, 4.69) is 22.3 Å². The molecular formula is C30H33N7O4. The van der Waals surface area contributed by atoms with Crippen LogP contribution in [-0.2, 0) is 23.9 Å². The number of amides is 5. The molecular weight excluding hydrogens is 522 g/mol. The van der Waals surface area contributed by atoms with Gasteiger partial charge in [0.1, 0.15) is 0 Å². The molecule has 0 saturated carbocycles. The minimum absolute atomic E-state index is 0.162. The van der Waals surface area contributed by atoms with Gasteiger partial charge in [-0.2, -0.15) is 5.10 Å². The molecule has 11 nitrogen and oxygen atoms in total. The molecule has 0 unspecified atom stereocenters. The van der Waals surface area contributed by atoms with Crippen molar-refractivity contribution in [2.24, 2.45) is 7.05 Å². The highest BCUT2D eigenvalue weighted by atomic mass is 16.2. The molecule has 3 heterocycles. The maximum atomic E-state index is 13.8. The van der Waals surface area contributed by atoms with Crippen LogP contribution in [0, 0.1) is 0 Å². The summed E-state index contributed by atoms with van der Waals surface area (Å²) >= 11 is 0. The number of fused-ring (bicyclic) bond motifs is 2. The molecule has 5 rings (SSSR count). The topological polar surface area (TPSA) is 120 Å². The van der Waals surface area contributed by atoms with Crippen molar-refractivity contribution < 1.29 is 19.2 Å². The Morgan fingerprint density at radius 3 is 2.44 bits per heavy atom. The number of nitrogens with zero attached hydrogens (tertiary/aromatic N) is 5. The number of urea groups is 1. The summed E-state index contributed by atoms with van der Waals surface area (Å²) in [7, 11) is 5.65. The van der Waals surface area contributed by atoms with Crippen molar-refractivity contribution in [2.45, 2.75) is 32.0 Å². The van der Waals surface area contributed by atoms with Gasteiger partial charge in [0.15, 0.2) is 5.82 Å². The van der Waals surface area contributed by atoms with E-state index in [1.807, 2.05) is 63.2 Å². The number of nitrogens with one attached hydrogen (secondary N) is 2. The van der Waals surface area contributed by atoms with Crippen LogP contribution in [0.15, 0.2) is 61.2 Å². The van der Waals surface area contributed by atoms with E-state index in [1.165, 1.54) is 12.1 Å². The van der Waals surface area contributed by atoms with Gasteiger partial charge in [0.05, 0.1) is 34.9 Å². The van der Waals surface area contributed by atoms with Crippen LogP contribution < -0.4 is 15.5 Å². The molecule has 41 heavy (non-hydrogen) atoms. The molecule has 5 amide bonds. The Morgan fingerprint density at radius 1 is 1.10 bits per heavy atom. The minimum Gasteiger partial charge on any atom is -0.330 e. The van der Waals surface area contributed by atoms with Gasteiger partial charge in [0.2, 0.25) is 5.91 Å². The first-order valence-electron chi connectivity index (χ1n) is 13.2. The number of rotatable bonds is 7. The summed E-state index contributed by atoms with van der Waals surface area (Å²) in [5.41, 5.74) is 2.33. The lowest BCUT2D eigenvalue weighted by Crippen LogP contribution is -2.49. The molecule has 1 aromatic heterocycles. The van der Waals surface area contributed by atoms with Gasteiger partial charge in [-0.25, -0.2) is 9.69 Å². The monoisotopic (exact) mass is 555 g/mol. The van der Waals surface area contributed by atoms with E-state index in [-0.39, 0.29) is 35.6 Å². The predicted molar refractivity (Wildman–Crippen MR) is 154 cm³/mol. The van der Waals surface area contributed by atoms with Gasteiger partial charge in [-0.05, 0) is 57.8 Å². The molecule has 0 aliphatic carbocycles. The summed E-state index contributed by atoms with van der Waals surface area (Å²) in [5, 5.41) is 10.4. The summed E-state index contributed by atoms with van der Waals surface area (Å²) in [6.07, 6.45) is 1.12. The molecule has 0 saturated heterocycles. The van der Waals surface area contributed by atoms with E-state index in [0.717, 1.165) is 22.2 Å². The maximum Gasteiger partial charge on any atom is 0.319 e. The second-order valence-electron chi connectivity index (χ2n) is 11.0. The fraction of sp³-hybridized carbons (Fsp3) is 0.300. The molecule has 0 fully saturated rings. The van der Waals surface area contributed by atoms with E-state index in [0.29, 0.717) is 17.8 Å². The lowest BCUT2D eigenvalue weighted by molar-refractivity contribution is -0.111. The number of carbonyl (C=O) groups is 4.